The van der Waals surface area contributed by atoms with Crippen molar-refractivity contribution in [3.05, 3.63) is 72.3 Å². The predicted molar refractivity (Wildman–Crippen MR) is 235 cm³/mol. The summed E-state index contributed by atoms with van der Waals surface area (Å²) < 4.78 is 9.70. The van der Waals surface area contributed by atoms with E-state index in [0.717, 1.165) is 101 Å². The molecule has 14 nitrogen and oxygen atoms in total. The van der Waals surface area contributed by atoms with Gasteiger partial charge in [-0.15, -0.1) is 0 Å². The molecule has 4 amide bonds. The van der Waals surface area contributed by atoms with Gasteiger partial charge in [0.05, 0.1) is 48.4 Å². The summed E-state index contributed by atoms with van der Waals surface area (Å²) in [5.74, 6) is 1.98. The van der Waals surface area contributed by atoms with Crippen LogP contribution in [0.5, 0.6) is 0 Å². The van der Waals surface area contributed by atoms with Crippen molar-refractivity contribution in [2.45, 2.75) is 110 Å². The fraction of sp³-hybridized carbons (Fsp3) is 0.489. The smallest absolute Gasteiger partial charge is 0.407 e. The molecule has 2 fully saturated rings. The Labute approximate surface area is 357 Å². The molecule has 0 aliphatic carbocycles. The van der Waals surface area contributed by atoms with Crippen LogP contribution in [0.2, 0.25) is 0 Å². The van der Waals surface area contributed by atoms with Crippen molar-refractivity contribution >= 4 is 46.1 Å². The molecule has 6 atom stereocenters. The molecule has 0 radical (unpaired) electrons. The van der Waals surface area contributed by atoms with E-state index in [1.54, 1.807) is 0 Å². The Hall–Kier alpha value is -5.92. The molecule has 2 aliphatic rings. The second-order valence-corrected chi connectivity index (χ2v) is 16.9. The summed E-state index contributed by atoms with van der Waals surface area (Å²) in [6.45, 7) is 9.65. The highest BCUT2D eigenvalue weighted by Crippen LogP contribution is 2.36. The minimum Gasteiger partial charge on any atom is -0.453 e. The van der Waals surface area contributed by atoms with Crippen molar-refractivity contribution in [1.82, 2.24) is 40.4 Å². The zero-order valence-corrected chi connectivity index (χ0v) is 36.3. The first kappa shape index (κ1) is 43.2. The number of aromatic nitrogens is 4. The summed E-state index contributed by atoms with van der Waals surface area (Å²) >= 11 is 0. The maximum Gasteiger partial charge on any atom is 0.407 e. The number of benzene rings is 3. The Morgan fingerprint density at radius 2 is 1.10 bits per heavy atom. The first-order valence-electron chi connectivity index (χ1n) is 21.9. The quantitative estimate of drug-likeness (QED) is 0.0810. The molecule has 2 aliphatic heterocycles. The van der Waals surface area contributed by atoms with Crippen molar-refractivity contribution in [2.24, 2.45) is 11.8 Å². The highest BCUT2D eigenvalue weighted by atomic mass is 16.5. The summed E-state index contributed by atoms with van der Waals surface area (Å²) in [5, 5.41) is 5.56. The number of hydrogen-bond donors (Lipinski definition) is 4. The lowest BCUT2D eigenvalue weighted by atomic mass is 9.98. The average Bonchev–Trinajstić information content (AvgIpc) is 4.12. The molecule has 4 N–H and O–H groups in total. The molecule has 5 aromatic rings. The molecule has 4 heterocycles. The third-order valence-corrected chi connectivity index (χ3v) is 12.8. The molecular formula is C47H60N8O6. The molecule has 0 spiro atoms. The summed E-state index contributed by atoms with van der Waals surface area (Å²) in [6.07, 6.45) is 5.90. The van der Waals surface area contributed by atoms with Crippen molar-refractivity contribution in [2.75, 3.05) is 27.3 Å². The fourth-order valence-corrected chi connectivity index (χ4v) is 8.72. The highest BCUT2D eigenvalue weighted by molar-refractivity contribution is 5.88. The van der Waals surface area contributed by atoms with E-state index in [4.69, 9.17) is 19.4 Å². The number of carbonyl (C=O) groups excluding carboxylic acids is 4. The Morgan fingerprint density at radius 1 is 0.656 bits per heavy atom. The van der Waals surface area contributed by atoms with E-state index in [1.165, 1.54) is 14.2 Å². The maximum absolute atomic E-state index is 13.9. The lowest BCUT2D eigenvalue weighted by Crippen LogP contribution is -2.49. The minimum atomic E-state index is -0.664. The number of nitrogens with one attached hydrogen (secondary N) is 4. The Morgan fingerprint density at radius 3 is 1.56 bits per heavy atom. The van der Waals surface area contributed by atoms with Gasteiger partial charge < -0.3 is 39.9 Å². The van der Waals surface area contributed by atoms with E-state index < -0.39 is 24.3 Å². The number of H-pyrrole nitrogens is 2. The molecule has 14 heteroatoms. The maximum atomic E-state index is 13.9. The van der Waals surface area contributed by atoms with Crippen LogP contribution in [-0.4, -0.2) is 93.1 Å². The Balaban J connectivity index is 1.05. The summed E-state index contributed by atoms with van der Waals surface area (Å²) in [6, 6.07) is 19.1. The number of aromatic amines is 2. The minimum absolute atomic E-state index is 0.103. The second kappa shape index (κ2) is 19.2. The van der Waals surface area contributed by atoms with Crippen LogP contribution in [0.15, 0.2) is 60.7 Å². The van der Waals surface area contributed by atoms with Crippen molar-refractivity contribution in [1.29, 1.82) is 0 Å². The summed E-state index contributed by atoms with van der Waals surface area (Å²) in [7, 11) is 2.63. The van der Waals surface area contributed by atoms with Crippen LogP contribution >= 0.6 is 0 Å². The Bertz CT molecular complexity index is 2340. The lowest BCUT2D eigenvalue weighted by Gasteiger charge is -2.29. The zero-order chi connectivity index (χ0) is 43.2. The predicted octanol–water partition coefficient (Wildman–Crippen LogP) is 8.81. The number of hydrogen-bond acceptors (Lipinski definition) is 8. The third-order valence-electron chi connectivity index (χ3n) is 12.8. The van der Waals surface area contributed by atoms with Crippen LogP contribution in [0.1, 0.15) is 109 Å². The van der Waals surface area contributed by atoms with E-state index in [-0.39, 0.29) is 29.8 Å². The molecule has 2 aromatic heterocycles. The first-order valence-corrected chi connectivity index (χ1v) is 21.9. The molecule has 0 bridgehead atoms. The van der Waals surface area contributed by atoms with Gasteiger partial charge >= 0.3 is 12.2 Å². The van der Waals surface area contributed by atoms with E-state index >= 15 is 0 Å². The van der Waals surface area contributed by atoms with Crippen molar-refractivity contribution in [3.63, 3.8) is 0 Å². The van der Waals surface area contributed by atoms with Gasteiger partial charge in [0.15, 0.2) is 0 Å². The average molecular weight is 833 g/mol. The standard InChI is InChI=1S/C47H60N8O6/c1-7-28(3)13-20-36(52-46(58)60-5)44(56)54-23-9-11-40(54)42-48-34-21-18-32(26-37(34)50-42)30-14-16-31(17-15-30)33-19-22-35-38(27-33)51-43(49-35)41-12-10-24-55(41)45(57)39(25-29(4)8-2)53-47(59)61-6/h14-19,21-22,26-29,36,39-41H,7-13,20,23-25H2,1-6H3,(H,48,50)(H,49,51)(H,52,58)(H,53,59)/t28-,29+,36+,39+,40-,41-/m0/s1. The molecule has 2 saturated heterocycles. The number of fused-ring (bicyclic) bond motifs is 2. The largest absolute Gasteiger partial charge is 0.453 e. The second-order valence-electron chi connectivity index (χ2n) is 16.9. The van der Waals surface area contributed by atoms with Gasteiger partial charge in [0.1, 0.15) is 23.7 Å². The number of nitrogens with zero attached hydrogens (tertiary/aromatic N) is 4. The molecule has 0 unspecified atom stereocenters. The van der Waals surface area contributed by atoms with Gasteiger partial charge in [-0.1, -0.05) is 76.9 Å². The van der Waals surface area contributed by atoms with E-state index in [0.29, 0.717) is 31.8 Å². The van der Waals surface area contributed by atoms with Crippen LogP contribution in [0.3, 0.4) is 0 Å². The number of imidazole rings is 2. The molecule has 61 heavy (non-hydrogen) atoms. The van der Waals surface area contributed by atoms with Gasteiger partial charge in [0, 0.05) is 13.1 Å². The number of amides is 4. The number of alkyl carbamates (subject to hydrolysis) is 2. The number of likely N-dealkylation sites (tertiary alicyclic amines) is 2. The topological polar surface area (TPSA) is 175 Å². The normalized spacial score (nSPS) is 18.5. The lowest BCUT2D eigenvalue weighted by molar-refractivity contribution is -0.135. The van der Waals surface area contributed by atoms with Crippen LogP contribution in [0.25, 0.3) is 44.3 Å². The molecule has 3 aromatic carbocycles. The Kier molecular flexibility index (Phi) is 13.6. The van der Waals surface area contributed by atoms with Gasteiger partial charge in [0.25, 0.3) is 0 Å². The number of ether oxygens (including phenoxy) is 2. The number of rotatable bonds is 15. The molecular weight excluding hydrogens is 773 g/mol. The van der Waals surface area contributed by atoms with E-state index in [2.05, 4.69) is 96.8 Å². The van der Waals surface area contributed by atoms with Gasteiger partial charge in [-0.2, -0.15) is 0 Å². The molecule has 324 valence electrons. The summed E-state index contributed by atoms with van der Waals surface area (Å²) in [4.78, 5) is 72.7. The van der Waals surface area contributed by atoms with Crippen molar-refractivity contribution in [3.8, 4) is 22.3 Å². The number of methoxy groups -OCH3 is 2. The van der Waals surface area contributed by atoms with Crippen LogP contribution < -0.4 is 10.6 Å². The van der Waals surface area contributed by atoms with E-state index in [1.807, 2.05) is 21.9 Å². The highest BCUT2D eigenvalue weighted by Gasteiger charge is 2.38. The van der Waals surface area contributed by atoms with Crippen LogP contribution in [0, 0.1) is 11.8 Å². The van der Waals surface area contributed by atoms with Crippen LogP contribution in [0.4, 0.5) is 9.59 Å². The van der Waals surface area contributed by atoms with E-state index in [9.17, 15) is 19.2 Å². The van der Waals surface area contributed by atoms with Gasteiger partial charge in [-0.3, -0.25) is 9.59 Å². The molecule has 0 saturated carbocycles. The first-order chi connectivity index (χ1) is 29.5. The number of carbonyl (C=O) groups is 4. The third kappa shape index (κ3) is 9.68. The van der Waals surface area contributed by atoms with Gasteiger partial charge in [-0.25, -0.2) is 19.6 Å². The fourth-order valence-electron chi connectivity index (χ4n) is 8.72. The van der Waals surface area contributed by atoms with Gasteiger partial charge in [-0.05, 0) is 103 Å². The van der Waals surface area contributed by atoms with Crippen molar-refractivity contribution < 1.29 is 28.7 Å². The summed E-state index contributed by atoms with van der Waals surface area (Å²) in [5.41, 5.74) is 7.64. The van der Waals surface area contributed by atoms with Gasteiger partial charge in [0.2, 0.25) is 11.8 Å². The van der Waals surface area contributed by atoms with Crippen LogP contribution in [-0.2, 0) is 19.1 Å². The zero-order valence-electron chi connectivity index (χ0n) is 36.3. The molecule has 7 rings (SSSR count). The monoisotopic (exact) mass is 832 g/mol. The SMILES string of the molecule is CC[C@@H](C)C[C@@H](NC(=O)OC)C(=O)N1CCC[C@H]1c1nc2ccc(-c3ccc(-c4ccc5nc([C@@H]6CCCN6C(=O)[C@@H](CC[C@@H](C)CC)NC(=O)OC)[nH]c5c4)cc3)cc2[nH]1.